The standard InChI is InChI=1S/C15H18OS/c1-16-15(10-6-3-7-11-15)12-13-17-14-8-4-2-5-9-14/h2,4-5,8-9H,3,6-7,10-11H2,1H3. The van der Waals surface area contributed by atoms with Gasteiger partial charge in [0, 0.05) is 12.0 Å². The van der Waals surface area contributed by atoms with Crippen molar-refractivity contribution in [2.75, 3.05) is 7.11 Å². The van der Waals surface area contributed by atoms with Gasteiger partial charge in [-0.15, -0.1) is 0 Å². The topological polar surface area (TPSA) is 9.23 Å². The van der Waals surface area contributed by atoms with Crippen LogP contribution in [0.4, 0.5) is 0 Å². The van der Waals surface area contributed by atoms with Crippen molar-refractivity contribution < 1.29 is 4.74 Å². The number of hydrogen-bond acceptors (Lipinski definition) is 2. The Morgan fingerprint density at radius 2 is 1.82 bits per heavy atom. The van der Waals surface area contributed by atoms with Gasteiger partial charge < -0.3 is 4.74 Å². The van der Waals surface area contributed by atoms with Gasteiger partial charge in [0.05, 0.1) is 0 Å². The largest absolute Gasteiger partial charge is 0.366 e. The van der Waals surface area contributed by atoms with Crippen molar-refractivity contribution in [3.63, 3.8) is 0 Å². The van der Waals surface area contributed by atoms with Gasteiger partial charge in [-0.2, -0.15) is 0 Å². The van der Waals surface area contributed by atoms with Crippen molar-refractivity contribution in [2.24, 2.45) is 0 Å². The average Bonchev–Trinajstić information content (AvgIpc) is 2.41. The highest BCUT2D eigenvalue weighted by atomic mass is 32.2. The molecule has 0 amide bonds. The molecule has 1 aliphatic carbocycles. The number of hydrogen-bond donors (Lipinski definition) is 0. The minimum atomic E-state index is -0.181. The molecule has 17 heavy (non-hydrogen) atoms. The summed E-state index contributed by atoms with van der Waals surface area (Å²) in [5, 5.41) is 3.20. The van der Waals surface area contributed by atoms with Gasteiger partial charge in [-0.25, -0.2) is 0 Å². The van der Waals surface area contributed by atoms with Crippen molar-refractivity contribution in [1.82, 2.24) is 0 Å². The predicted molar refractivity (Wildman–Crippen MR) is 72.9 cm³/mol. The summed E-state index contributed by atoms with van der Waals surface area (Å²) in [6, 6.07) is 10.3. The molecule has 0 unspecified atom stereocenters. The molecule has 1 aromatic rings. The van der Waals surface area contributed by atoms with Crippen LogP contribution >= 0.6 is 11.8 Å². The maximum absolute atomic E-state index is 5.63. The number of rotatable bonds is 2. The van der Waals surface area contributed by atoms with Crippen LogP contribution in [0.15, 0.2) is 35.2 Å². The zero-order valence-electron chi connectivity index (χ0n) is 10.2. The second-order valence-electron chi connectivity index (χ2n) is 4.40. The molecule has 2 heteroatoms. The van der Waals surface area contributed by atoms with Crippen LogP contribution in [0.2, 0.25) is 0 Å². The smallest absolute Gasteiger partial charge is 0.129 e. The average molecular weight is 246 g/mol. The summed E-state index contributed by atoms with van der Waals surface area (Å²) in [6.07, 6.45) is 5.94. The van der Waals surface area contributed by atoms with Gasteiger partial charge in [0.1, 0.15) is 5.60 Å². The summed E-state index contributed by atoms with van der Waals surface area (Å²) in [5.41, 5.74) is -0.181. The number of thioether (sulfide) groups is 1. The van der Waals surface area contributed by atoms with E-state index in [1.807, 2.05) is 18.2 Å². The molecule has 1 fully saturated rings. The molecular weight excluding hydrogens is 228 g/mol. The molecule has 0 aliphatic heterocycles. The van der Waals surface area contributed by atoms with Gasteiger partial charge >= 0.3 is 0 Å². The molecule has 2 rings (SSSR count). The molecular formula is C15H18OS. The Labute approximate surface area is 108 Å². The van der Waals surface area contributed by atoms with Crippen molar-refractivity contribution in [3.05, 3.63) is 30.3 Å². The van der Waals surface area contributed by atoms with Gasteiger partial charge in [-0.3, -0.25) is 0 Å². The van der Waals surface area contributed by atoms with Crippen molar-refractivity contribution >= 4 is 11.8 Å². The predicted octanol–water partition coefficient (Wildman–Crippen LogP) is 4.09. The van der Waals surface area contributed by atoms with Crippen LogP contribution < -0.4 is 0 Å². The van der Waals surface area contributed by atoms with Crippen LogP contribution in [0.5, 0.6) is 0 Å². The second kappa shape index (κ2) is 6.14. The summed E-state index contributed by atoms with van der Waals surface area (Å²) in [4.78, 5) is 1.20. The monoisotopic (exact) mass is 246 g/mol. The van der Waals surface area contributed by atoms with E-state index in [9.17, 15) is 0 Å². The van der Waals surface area contributed by atoms with Gasteiger partial charge in [0.15, 0.2) is 0 Å². The van der Waals surface area contributed by atoms with E-state index >= 15 is 0 Å². The Kier molecular flexibility index (Phi) is 4.53. The minimum absolute atomic E-state index is 0.181. The van der Waals surface area contributed by atoms with E-state index in [0.717, 1.165) is 12.8 Å². The third kappa shape index (κ3) is 3.52. The third-order valence-corrected chi connectivity index (χ3v) is 3.95. The molecule has 0 N–H and O–H groups in total. The summed E-state index contributed by atoms with van der Waals surface area (Å²) in [7, 11) is 1.78. The van der Waals surface area contributed by atoms with E-state index in [0.29, 0.717) is 0 Å². The first kappa shape index (κ1) is 12.5. The number of methoxy groups -OCH3 is 1. The zero-order chi connectivity index (χ0) is 12.0. The summed E-state index contributed by atoms with van der Waals surface area (Å²) in [5.74, 6) is 3.32. The maximum Gasteiger partial charge on any atom is 0.129 e. The Morgan fingerprint density at radius 1 is 1.12 bits per heavy atom. The molecule has 0 spiro atoms. The summed E-state index contributed by atoms with van der Waals surface area (Å²) in [6.45, 7) is 0. The fraction of sp³-hybridized carbons (Fsp3) is 0.467. The van der Waals surface area contributed by atoms with E-state index in [-0.39, 0.29) is 5.60 Å². The number of benzene rings is 1. The van der Waals surface area contributed by atoms with Crippen LogP contribution in [-0.4, -0.2) is 12.7 Å². The Hall–Kier alpha value is -0.910. The Morgan fingerprint density at radius 3 is 2.47 bits per heavy atom. The van der Waals surface area contributed by atoms with E-state index in [2.05, 4.69) is 23.3 Å². The van der Waals surface area contributed by atoms with Gasteiger partial charge in [0.25, 0.3) is 0 Å². The lowest BCUT2D eigenvalue weighted by Crippen LogP contribution is -2.31. The molecule has 0 saturated heterocycles. The van der Waals surface area contributed by atoms with E-state index in [4.69, 9.17) is 4.74 Å². The summed E-state index contributed by atoms with van der Waals surface area (Å²) < 4.78 is 5.63. The van der Waals surface area contributed by atoms with Crippen molar-refractivity contribution in [2.45, 2.75) is 42.6 Å². The molecule has 0 aromatic heterocycles. The molecule has 1 aromatic carbocycles. The van der Waals surface area contributed by atoms with Gasteiger partial charge in [-0.05, 0) is 54.8 Å². The van der Waals surface area contributed by atoms with E-state index in [1.165, 1.54) is 24.2 Å². The molecule has 0 radical (unpaired) electrons. The lowest BCUT2D eigenvalue weighted by Gasteiger charge is -2.30. The first-order chi connectivity index (χ1) is 8.35. The normalized spacial score (nSPS) is 18.2. The fourth-order valence-corrected chi connectivity index (χ4v) is 2.82. The highest BCUT2D eigenvalue weighted by Gasteiger charge is 2.29. The second-order valence-corrected chi connectivity index (χ2v) is 5.28. The Bertz CT molecular complexity index is 396. The van der Waals surface area contributed by atoms with E-state index < -0.39 is 0 Å². The number of ether oxygens (including phenoxy) is 1. The lowest BCUT2D eigenvalue weighted by atomic mass is 9.85. The fourth-order valence-electron chi connectivity index (χ4n) is 2.17. The first-order valence-corrected chi connectivity index (χ1v) is 6.95. The zero-order valence-corrected chi connectivity index (χ0v) is 11.1. The lowest BCUT2D eigenvalue weighted by molar-refractivity contribution is 0.0105. The maximum atomic E-state index is 5.63. The SMILES string of the molecule is COC1(C#CSc2ccccc2)CCCCC1. The van der Waals surface area contributed by atoms with Crippen molar-refractivity contribution in [3.8, 4) is 11.2 Å². The van der Waals surface area contributed by atoms with E-state index in [1.54, 1.807) is 18.9 Å². The molecule has 1 aliphatic rings. The van der Waals surface area contributed by atoms with Crippen LogP contribution in [0.25, 0.3) is 0 Å². The molecule has 0 atom stereocenters. The molecule has 90 valence electrons. The van der Waals surface area contributed by atoms with Crippen LogP contribution in [0.1, 0.15) is 32.1 Å². The van der Waals surface area contributed by atoms with Crippen LogP contribution in [-0.2, 0) is 4.74 Å². The molecule has 0 heterocycles. The highest BCUT2D eigenvalue weighted by molar-refractivity contribution is 8.03. The minimum Gasteiger partial charge on any atom is -0.366 e. The third-order valence-electron chi connectivity index (χ3n) is 3.24. The van der Waals surface area contributed by atoms with Crippen molar-refractivity contribution in [1.29, 1.82) is 0 Å². The Balaban J connectivity index is 1.99. The summed E-state index contributed by atoms with van der Waals surface area (Å²) >= 11 is 1.59. The van der Waals surface area contributed by atoms with Gasteiger partial charge in [0.2, 0.25) is 0 Å². The van der Waals surface area contributed by atoms with Crippen LogP contribution in [0.3, 0.4) is 0 Å². The molecule has 0 bridgehead atoms. The molecule has 1 saturated carbocycles. The quantitative estimate of drug-likeness (QED) is 0.574. The highest BCUT2D eigenvalue weighted by Crippen LogP contribution is 2.31. The molecule has 1 nitrogen and oxygen atoms in total. The first-order valence-electron chi connectivity index (χ1n) is 6.14. The van der Waals surface area contributed by atoms with Gasteiger partial charge in [-0.1, -0.05) is 30.5 Å². The van der Waals surface area contributed by atoms with Crippen LogP contribution in [0, 0.1) is 11.2 Å².